The summed E-state index contributed by atoms with van der Waals surface area (Å²) in [6.07, 6.45) is 1.52. The molecule has 0 N–H and O–H groups in total. The Bertz CT molecular complexity index is 819. The molecule has 2 amide bonds. The monoisotopic (exact) mass is 363 g/mol. The van der Waals surface area contributed by atoms with Gasteiger partial charge < -0.3 is 9.80 Å². The highest BCUT2D eigenvalue weighted by Gasteiger charge is 2.29. The molecule has 0 radical (unpaired) electrons. The zero-order chi connectivity index (χ0) is 18.8. The van der Waals surface area contributed by atoms with E-state index < -0.39 is 0 Å². The fourth-order valence-corrected chi connectivity index (χ4v) is 3.98. The van der Waals surface area contributed by atoms with Gasteiger partial charge in [0.15, 0.2) is 0 Å². The van der Waals surface area contributed by atoms with Crippen LogP contribution in [0.3, 0.4) is 0 Å². The zero-order valence-corrected chi connectivity index (χ0v) is 15.7. The molecule has 5 heteroatoms. The molecule has 2 aliphatic rings. The second-order valence-electron chi connectivity index (χ2n) is 7.35. The van der Waals surface area contributed by atoms with Gasteiger partial charge in [-0.15, -0.1) is 0 Å². The number of nitrogens with zero attached hydrogens (tertiary/aromatic N) is 3. The molecule has 0 bridgehead atoms. The Morgan fingerprint density at radius 2 is 1.70 bits per heavy atom. The summed E-state index contributed by atoms with van der Waals surface area (Å²) in [5.74, 6) is 0.224. The fraction of sp³-hybridized carbons (Fsp3) is 0.364. The second kappa shape index (κ2) is 7.53. The van der Waals surface area contributed by atoms with Crippen molar-refractivity contribution >= 4 is 17.5 Å². The van der Waals surface area contributed by atoms with Gasteiger partial charge in [-0.05, 0) is 43.3 Å². The van der Waals surface area contributed by atoms with Crippen molar-refractivity contribution in [1.82, 2.24) is 9.80 Å². The number of anilines is 1. The number of carbonyl (C=O) groups excluding carboxylic acids is 2. The van der Waals surface area contributed by atoms with Gasteiger partial charge in [-0.25, -0.2) is 0 Å². The highest BCUT2D eigenvalue weighted by Crippen LogP contribution is 2.26. The van der Waals surface area contributed by atoms with Crippen LogP contribution in [0.2, 0.25) is 0 Å². The smallest absolute Gasteiger partial charge is 0.253 e. The lowest BCUT2D eigenvalue weighted by Gasteiger charge is -2.39. The minimum Gasteiger partial charge on any atom is -0.335 e. The Labute approximate surface area is 160 Å². The van der Waals surface area contributed by atoms with Crippen molar-refractivity contribution in [2.45, 2.75) is 18.9 Å². The molecule has 2 saturated heterocycles. The summed E-state index contributed by atoms with van der Waals surface area (Å²) in [5, 5.41) is 0. The molecule has 1 atom stereocenters. The molecule has 5 nitrogen and oxygen atoms in total. The molecule has 1 unspecified atom stereocenters. The average Bonchev–Trinajstić information content (AvgIpc) is 3.14. The van der Waals surface area contributed by atoms with Gasteiger partial charge in [0, 0.05) is 43.9 Å². The van der Waals surface area contributed by atoms with Crippen LogP contribution in [0.25, 0.3) is 0 Å². The molecular formula is C22H25N3O2. The van der Waals surface area contributed by atoms with Gasteiger partial charge in [-0.3, -0.25) is 14.5 Å². The summed E-state index contributed by atoms with van der Waals surface area (Å²) in [6, 6.07) is 18.0. The quantitative estimate of drug-likeness (QED) is 0.842. The first-order valence-electron chi connectivity index (χ1n) is 9.58. The van der Waals surface area contributed by atoms with Crippen molar-refractivity contribution in [1.29, 1.82) is 0 Å². The first-order valence-corrected chi connectivity index (χ1v) is 9.58. The molecule has 0 aliphatic carbocycles. The summed E-state index contributed by atoms with van der Waals surface area (Å²) in [5.41, 5.74) is 2.80. The third kappa shape index (κ3) is 3.60. The Kier molecular flexibility index (Phi) is 4.94. The lowest BCUT2D eigenvalue weighted by atomic mass is 10.0. The number of amides is 2. The van der Waals surface area contributed by atoms with Crippen LogP contribution >= 0.6 is 0 Å². The van der Waals surface area contributed by atoms with Crippen molar-refractivity contribution in [3.05, 3.63) is 65.7 Å². The molecule has 0 spiro atoms. The molecule has 140 valence electrons. The lowest BCUT2D eigenvalue weighted by molar-refractivity contribution is -0.117. The minimum absolute atomic E-state index is 0.0586. The van der Waals surface area contributed by atoms with Gasteiger partial charge in [0.25, 0.3) is 5.91 Å². The van der Waals surface area contributed by atoms with E-state index in [1.807, 2.05) is 47.4 Å². The highest BCUT2D eigenvalue weighted by atomic mass is 16.2. The van der Waals surface area contributed by atoms with E-state index in [1.165, 1.54) is 5.56 Å². The van der Waals surface area contributed by atoms with Gasteiger partial charge in [0.1, 0.15) is 0 Å². The van der Waals surface area contributed by atoms with Crippen molar-refractivity contribution in [3.63, 3.8) is 0 Å². The molecule has 4 rings (SSSR count). The Morgan fingerprint density at radius 1 is 0.963 bits per heavy atom. The number of rotatable bonds is 3. The number of hydrogen-bond donors (Lipinski definition) is 0. The first kappa shape index (κ1) is 17.7. The van der Waals surface area contributed by atoms with Crippen LogP contribution in [0.15, 0.2) is 54.6 Å². The molecule has 2 aliphatic heterocycles. The summed E-state index contributed by atoms with van der Waals surface area (Å²) in [4.78, 5) is 30.9. The van der Waals surface area contributed by atoms with E-state index in [4.69, 9.17) is 0 Å². The van der Waals surface area contributed by atoms with Crippen LogP contribution < -0.4 is 4.90 Å². The van der Waals surface area contributed by atoms with E-state index >= 15 is 0 Å². The molecular weight excluding hydrogens is 338 g/mol. The third-order valence-corrected chi connectivity index (χ3v) is 5.62. The maximum atomic E-state index is 13.0. The summed E-state index contributed by atoms with van der Waals surface area (Å²) < 4.78 is 0. The average molecular weight is 363 g/mol. The Morgan fingerprint density at radius 3 is 2.37 bits per heavy atom. The van der Waals surface area contributed by atoms with Crippen LogP contribution in [-0.4, -0.2) is 54.8 Å². The van der Waals surface area contributed by atoms with Gasteiger partial charge in [-0.1, -0.05) is 30.3 Å². The van der Waals surface area contributed by atoms with Crippen LogP contribution in [0.5, 0.6) is 0 Å². The predicted octanol–water partition coefficient (Wildman–Crippen LogP) is 2.94. The lowest BCUT2D eigenvalue weighted by Crippen LogP contribution is -2.49. The van der Waals surface area contributed by atoms with Gasteiger partial charge in [0.2, 0.25) is 5.91 Å². The van der Waals surface area contributed by atoms with Crippen LogP contribution in [0.4, 0.5) is 5.69 Å². The summed E-state index contributed by atoms with van der Waals surface area (Å²) in [7, 11) is 2.11. The van der Waals surface area contributed by atoms with Crippen LogP contribution in [0, 0.1) is 0 Å². The predicted molar refractivity (Wildman–Crippen MR) is 106 cm³/mol. The van der Waals surface area contributed by atoms with Gasteiger partial charge in [0.05, 0.1) is 6.04 Å². The normalized spacial score (nSPS) is 20.9. The standard InChI is InChI=1S/C22H25N3O2/c1-23-14-15-24(16-20(23)17-6-3-2-4-7-17)22(27)18-9-11-19(12-10-18)25-13-5-8-21(25)26/h2-4,6-7,9-12,20H,5,8,13-16H2,1H3. The Balaban J connectivity index is 1.48. The zero-order valence-electron chi connectivity index (χ0n) is 15.7. The topological polar surface area (TPSA) is 43.9 Å². The van der Waals surface area contributed by atoms with Crippen molar-refractivity contribution in [2.75, 3.05) is 38.1 Å². The van der Waals surface area contributed by atoms with Gasteiger partial charge in [-0.2, -0.15) is 0 Å². The summed E-state index contributed by atoms with van der Waals surface area (Å²) >= 11 is 0. The Hall–Kier alpha value is -2.66. The molecule has 2 aromatic carbocycles. The molecule has 2 heterocycles. The fourth-order valence-electron chi connectivity index (χ4n) is 3.98. The molecule has 2 aromatic rings. The van der Waals surface area contributed by atoms with Crippen molar-refractivity contribution < 1.29 is 9.59 Å². The van der Waals surface area contributed by atoms with Gasteiger partial charge >= 0.3 is 0 Å². The number of piperazine rings is 1. The van der Waals surface area contributed by atoms with Crippen molar-refractivity contribution in [3.8, 4) is 0 Å². The number of hydrogen-bond acceptors (Lipinski definition) is 3. The van der Waals surface area contributed by atoms with E-state index in [1.54, 1.807) is 4.90 Å². The summed E-state index contributed by atoms with van der Waals surface area (Å²) in [6.45, 7) is 3.03. The third-order valence-electron chi connectivity index (χ3n) is 5.62. The van der Waals surface area contributed by atoms with Crippen LogP contribution in [0.1, 0.15) is 34.8 Å². The van der Waals surface area contributed by atoms with E-state index in [0.29, 0.717) is 18.5 Å². The second-order valence-corrected chi connectivity index (χ2v) is 7.35. The molecule has 0 aromatic heterocycles. The van der Waals surface area contributed by atoms with Crippen LogP contribution in [-0.2, 0) is 4.79 Å². The molecule has 27 heavy (non-hydrogen) atoms. The molecule has 0 saturated carbocycles. The SMILES string of the molecule is CN1CCN(C(=O)c2ccc(N3CCCC3=O)cc2)CC1c1ccccc1. The largest absolute Gasteiger partial charge is 0.335 e. The van der Waals surface area contributed by atoms with E-state index in [9.17, 15) is 9.59 Å². The minimum atomic E-state index is 0.0586. The number of benzene rings is 2. The number of carbonyl (C=O) groups is 2. The first-order chi connectivity index (χ1) is 13.1. The van der Waals surface area contributed by atoms with E-state index in [0.717, 1.165) is 31.7 Å². The van der Waals surface area contributed by atoms with E-state index in [-0.39, 0.29) is 17.9 Å². The van der Waals surface area contributed by atoms with E-state index in [2.05, 4.69) is 24.1 Å². The molecule has 2 fully saturated rings. The maximum Gasteiger partial charge on any atom is 0.253 e. The number of likely N-dealkylation sites (N-methyl/N-ethyl adjacent to an activating group) is 1. The maximum absolute atomic E-state index is 13.0. The van der Waals surface area contributed by atoms with Crippen molar-refractivity contribution in [2.24, 2.45) is 0 Å². The highest BCUT2D eigenvalue weighted by molar-refractivity contribution is 5.97.